The van der Waals surface area contributed by atoms with Crippen molar-refractivity contribution in [3.63, 3.8) is 0 Å². The Morgan fingerprint density at radius 3 is 2.89 bits per heavy atom. The van der Waals surface area contributed by atoms with E-state index in [2.05, 4.69) is 31.2 Å². The highest BCUT2D eigenvalue weighted by Crippen LogP contribution is 2.27. The van der Waals surface area contributed by atoms with Crippen LogP contribution in [0.4, 0.5) is 0 Å². The van der Waals surface area contributed by atoms with Crippen LogP contribution in [0, 0.1) is 6.92 Å². The van der Waals surface area contributed by atoms with Crippen molar-refractivity contribution >= 4 is 22.1 Å². The second-order valence-electron chi connectivity index (χ2n) is 4.60. The van der Waals surface area contributed by atoms with E-state index in [1.807, 2.05) is 22.0 Å². The molecule has 0 radical (unpaired) electrons. The van der Waals surface area contributed by atoms with Crippen LogP contribution >= 0.6 is 11.3 Å². The first kappa shape index (κ1) is 12.0. The lowest BCUT2D eigenvalue weighted by Gasteiger charge is -1.99. The predicted octanol–water partition coefficient (Wildman–Crippen LogP) is 3.60. The molecule has 2 aromatic heterocycles. The van der Waals surface area contributed by atoms with Gasteiger partial charge in [0.25, 0.3) is 0 Å². The van der Waals surface area contributed by atoms with Crippen LogP contribution in [0.1, 0.15) is 11.3 Å². The van der Waals surface area contributed by atoms with Crippen molar-refractivity contribution in [2.45, 2.75) is 13.3 Å². The van der Waals surface area contributed by atoms with Gasteiger partial charge in [-0.3, -0.25) is 4.79 Å². The molecule has 0 aliphatic carbocycles. The number of hydrogen-bond acceptors (Lipinski definition) is 2. The fourth-order valence-corrected chi connectivity index (χ4v) is 3.14. The quantitative estimate of drug-likeness (QED) is 0.790. The molecule has 3 nitrogen and oxygen atoms in total. The Bertz CT molecular complexity index is 754. The summed E-state index contributed by atoms with van der Waals surface area (Å²) in [4.78, 5) is 11.9. The molecule has 0 saturated heterocycles. The molecule has 4 heteroatoms. The van der Waals surface area contributed by atoms with Gasteiger partial charge in [-0.2, -0.15) is 0 Å². The molecule has 0 aliphatic rings. The van der Waals surface area contributed by atoms with Crippen LogP contribution < -0.4 is 0 Å². The molecule has 1 N–H and O–H groups in total. The van der Waals surface area contributed by atoms with Gasteiger partial charge in [0.05, 0.1) is 11.3 Å². The minimum atomic E-state index is -0.800. The molecular weight excluding hydrogens is 258 g/mol. The van der Waals surface area contributed by atoms with Gasteiger partial charge in [-0.05, 0) is 18.6 Å². The Kier molecular flexibility index (Phi) is 2.87. The Balaban J connectivity index is 2.07. The van der Waals surface area contributed by atoms with Gasteiger partial charge < -0.3 is 9.51 Å². The van der Waals surface area contributed by atoms with Gasteiger partial charge in [-0.25, -0.2) is 0 Å². The van der Waals surface area contributed by atoms with E-state index >= 15 is 0 Å². The van der Waals surface area contributed by atoms with E-state index in [9.17, 15) is 4.79 Å². The Labute approximate surface area is 114 Å². The van der Waals surface area contributed by atoms with E-state index in [0.29, 0.717) is 0 Å². The lowest BCUT2D eigenvalue weighted by Crippen LogP contribution is -2.01. The standard InChI is InChI=1S/C15H13NO2S/c1-10-3-2-4-11(5-10)12-6-14-16(8-12)13(9-19-14)7-15(17)18/h2-6,8-9H,7H2,1H3,(H,17,18). The number of benzene rings is 1. The Hall–Kier alpha value is -2.07. The lowest BCUT2D eigenvalue weighted by atomic mass is 10.1. The normalized spacial score (nSPS) is 11.0. The molecule has 2 heterocycles. The molecule has 3 rings (SSSR count). The maximum absolute atomic E-state index is 10.8. The number of fused-ring (bicyclic) bond motifs is 1. The fourth-order valence-electron chi connectivity index (χ4n) is 2.21. The first-order valence-electron chi connectivity index (χ1n) is 6.01. The SMILES string of the molecule is Cc1cccc(-c2cc3scc(CC(=O)O)n3c2)c1. The van der Waals surface area contributed by atoms with Gasteiger partial charge in [-0.1, -0.05) is 29.8 Å². The molecule has 0 saturated carbocycles. The highest BCUT2D eigenvalue weighted by molar-refractivity contribution is 7.15. The molecule has 0 aliphatic heterocycles. The predicted molar refractivity (Wildman–Crippen MR) is 76.8 cm³/mol. The van der Waals surface area contributed by atoms with Crippen LogP contribution in [-0.2, 0) is 11.2 Å². The summed E-state index contributed by atoms with van der Waals surface area (Å²) in [6.45, 7) is 2.07. The summed E-state index contributed by atoms with van der Waals surface area (Å²) in [6.07, 6.45) is 2.07. The van der Waals surface area contributed by atoms with Crippen molar-refractivity contribution in [1.82, 2.24) is 4.40 Å². The van der Waals surface area contributed by atoms with E-state index in [-0.39, 0.29) is 6.42 Å². The molecule has 1 aromatic carbocycles. The number of carbonyl (C=O) groups is 1. The number of thiazole rings is 1. The van der Waals surface area contributed by atoms with Crippen LogP contribution in [0.5, 0.6) is 0 Å². The van der Waals surface area contributed by atoms with Crippen LogP contribution in [0.25, 0.3) is 16.0 Å². The zero-order chi connectivity index (χ0) is 13.4. The smallest absolute Gasteiger partial charge is 0.309 e. The zero-order valence-corrected chi connectivity index (χ0v) is 11.3. The summed E-state index contributed by atoms with van der Waals surface area (Å²) in [6, 6.07) is 10.4. The second kappa shape index (κ2) is 4.55. The van der Waals surface area contributed by atoms with Crippen molar-refractivity contribution in [1.29, 1.82) is 0 Å². The lowest BCUT2D eigenvalue weighted by molar-refractivity contribution is -0.136. The van der Waals surface area contributed by atoms with Crippen LogP contribution in [-0.4, -0.2) is 15.5 Å². The Morgan fingerprint density at radius 2 is 2.16 bits per heavy atom. The summed E-state index contributed by atoms with van der Waals surface area (Å²) in [5.41, 5.74) is 4.34. The van der Waals surface area contributed by atoms with Crippen molar-refractivity contribution in [3.05, 3.63) is 53.2 Å². The fraction of sp³-hybridized carbons (Fsp3) is 0.133. The van der Waals surface area contributed by atoms with Crippen molar-refractivity contribution in [2.24, 2.45) is 0 Å². The minimum Gasteiger partial charge on any atom is -0.481 e. The van der Waals surface area contributed by atoms with Crippen molar-refractivity contribution in [2.75, 3.05) is 0 Å². The molecule has 0 spiro atoms. The molecule has 19 heavy (non-hydrogen) atoms. The van der Waals surface area contributed by atoms with Crippen LogP contribution in [0.15, 0.2) is 41.9 Å². The third kappa shape index (κ3) is 2.27. The maximum Gasteiger partial charge on any atom is 0.309 e. The third-order valence-corrected chi connectivity index (χ3v) is 4.04. The van der Waals surface area contributed by atoms with Gasteiger partial charge in [0.2, 0.25) is 0 Å². The first-order chi connectivity index (χ1) is 9.13. The topological polar surface area (TPSA) is 41.7 Å². The summed E-state index contributed by atoms with van der Waals surface area (Å²) in [5.74, 6) is -0.800. The van der Waals surface area contributed by atoms with Gasteiger partial charge in [-0.15, -0.1) is 11.3 Å². The molecule has 0 atom stereocenters. The van der Waals surface area contributed by atoms with E-state index in [1.165, 1.54) is 5.56 Å². The number of aryl methyl sites for hydroxylation is 1. The number of rotatable bonds is 3. The van der Waals surface area contributed by atoms with E-state index in [0.717, 1.165) is 21.7 Å². The summed E-state index contributed by atoms with van der Waals surface area (Å²) < 4.78 is 1.97. The molecular formula is C15H13NO2S. The molecule has 96 valence electrons. The zero-order valence-electron chi connectivity index (χ0n) is 10.5. The number of hydrogen-bond donors (Lipinski definition) is 1. The monoisotopic (exact) mass is 271 g/mol. The van der Waals surface area contributed by atoms with E-state index < -0.39 is 5.97 Å². The number of aromatic nitrogens is 1. The minimum absolute atomic E-state index is 0.0575. The molecule has 0 amide bonds. The molecule has 0 bridgehead atoms. The number of nitrogens with zero attached hydrogens (tertiary/aromatic N) is 1. The second-order valence-corrected chi connectivity index (χ2v) is 5.49. The van der Waals surface area contributed by atoms with E-state index in [1.54, 1.807) is 11.3 Å². The van der Waals surface area contributed by atoms with Crippen LogP contribution in [0.3, 0.4) is 0 Å². The summed E-state index contributed by atoms with van der Waals surface area (Å²) in [7, 11) is 0. The average molecular weight is 271 g/mol. The third-order valence-electron chi connectivity index (χ3n) is 3.09. The van der Waals surface area contributed by atoms with Crippen molar-refractivity contribution < 1.29 is 9.90 Å². The largest absolute Gasteiger partial charge is 0.481 e. The highest BCUT2D eigenvalue weighted by Gasteiger charge is 2.10. The number of carboxylic acid groups (broad SMARTS) is 1. The first-order valence-corrected chi connectivity index (χ1v) is 6.89. The molecule has 0 unspecified atom stereocenters. The molecule has 3 aromatic rings. The maximum atomic E-state index is 10.8. The van der Waals surface area contributed by atoms with Gasteiger partial charge in [0.1, 0.15) is 0 Å². The van der Waals surface area contributed by atoms with Gasteiger partial charge in [0, 0.05) is 22.8 Å². The summed E-state index contributed by atoms with van der Waals surface area (Å²) >= 11 is 1.58. The molecule has 0 fully saturated rings. The number of carboxylic acids is 1. The number of aliphatic carboxylic acids is 1. The van der Waals surface area contributed by atoms with Gasteiger partial charge in [0.15, 0.2) is 0 Å². The van der Waals surface area contributed by atoms with E-state index in [4.69, 9.17) is 5.11 Å². The van der Waals surface area contributed by atoms with Gasteiger partial charge >= 0.3 is 5.97 Å². The van der Waals surface area contributed by atoms with Crippen LogP contribution in [0.2, 0.25) is 0 Å². The Morgan fingerprint density at radius 1 is 1.32 bits per heavy atom. The summed E-state index contributed by atoms with van der Waals surface area (Å²) in [5, 5.41) is 10.8. The highest BCUT2D eigenvalue weighted by atomic mass is 32.1. The van der Waals surface area contributed by atoms with Crippen molar-refractivity contribution in [3.8, 4) is 11.1 Å². The average Bonchev–Trinajstić information content (AvgIpc) is 2.91.